The fourth-order valence-corrected chi connectivity index (χ4v) is 3.82. The Balaban J connectivity index is 1.96. The average Bonchev–Trinajstić information content (AvgIpc) is 2.36. The van der Waals surface area contributed by atoms with Gasteiger partial charge in [0.05, 0.1) is 11.5 Å². The van der Waals surface area contributed by atoms with Crippen LogP contribution in [0, 0.1) is 6.92 Å². The second kappa shape index (κ2) is 5.42. The third-order valence-electron chi connectivity index (χ3n) is 3.39. The quantitative estimate of drug-likeness (QED) is 0.908. The minimum atomic E-state index is -2.97. The summed E-state index contributed by atoms with van der Waals surface area (Å²) in [5, 5.41) is 10.3. The lowest BCUT2D eigenvalue weighted by molar-refractivity contribution is -0.0128. The summed E-state index contributed by atoms with van der Waals surface area (Å²) >= 11 is 3.41. The van der Waals surface area contributed by atoms with E-state index in [-0.39, 0.29) is 31.0 Å². The molecule has 106 valence electrons. The molecule has 19 heavy (non-hydrogen) atoms. The van der Waals surface area contributed by atoms with Gasteiger partial charge < -0.3 is 9.84 Å². The van der Waals surface area contributed by atoms with Gasteiger partial charge in [-0.1, -0.05) is 15.9 Å². The van der Waals surface area contributed by atoms with E-state index in [4.69, 9.17) is 4.74 Å². The molecule has 0 radical (unpaired) electrons. The first kappa shape index (κ1) is 14.8. The summed E-state index contributed by atoms with van der Waals surface area (Å²) in [6.45, 7) is 2.09. The van der Waals surface area contributed by atoms with Gasteiger partial charge in [-0.05, 0) is 43.5 Å². The predicted octanol–water partition coefficient (Wildman–Crippen LogP) is 2.08. The van der Waals surface area contributed by atoms with Crippen LogP contribution in [0.15, 0.2) is 22.7 Å². The Labute approximate surface area is 121 Å². The molecule has 1 N–H and O–H groups in total. The van der Waals surface area contributed by atoms with Crippen LogP contribution in [-0.2, 0) is 9.84 Å². The fourth-order valence-electron chi connectivity index (χ4n) is 1.99. The molecule has 0 amide bonds. The van der Waals surface area contributed by atoms with Crippen molar-refractivity contribution < 1.29 is 18.3 Å². The number of hydrogen-bond donors (Lipinski definition) is 1. The molecule has 0 spiro atoms. The van der Waals surface area contributed by atoms with E-state index in [2.05, 4.69) is 15.9 Å². The van der Waals surface area contributed by atoms with Crippen molar-refractivity contribution in [2.75, 3.05) is 18.1 Å². The van der Waals surface area contributed by atoms with E-state index in [1.165, 1.54) is 0 Å². The van der Waals surface area contributed by atoms with E-state index in [9.17, 15) is 13.5 Å². The van der Waals surface area contributed by atoms with E-state index < -0.39 is 15.4 Å². The van der Waals surface area contributed by atoms with Gasteiger partial charge >= 0.3 is 0 Å². The lowest BCUT2D eigenvalue weighted by Gasteiger charge is -2.31. The van der Waals surface area contributed by atoms with Crippen molar-refractivity contribution in [2.24, 2.45) is 0 Å². The maximum Gasteiger partial charge on any atom is 0.150 e. The highest BCUT2D eigenvalue weighted by molar-refractivity contribution is 9.10. The largest absolute Gasteiger partial charge is 0.491 e. The Bertz CT molecular complexity index is 554. The molecular formula is C13H17BrO4S. The van der Waals surface area contributed by atoms with Crippen LogP contribution in [0.3, 0.4) is 0 Å². The molecular weight excluding hydrogens is 332 g/mol. The van der Waals surface area contributed by atoms with Crippen LogP contribution < -0.4 is 4.74 Å². The minimum Gasteiger partial charge on any atom is -0.491 e. The SMILES string of the molecule is Cc1cc(OCC2(O)CCS(=O)(=O)CC2)ccc1Br. The lowest BCUT2D eigenvalue weighted by Crippen LogP contribution is -2.43. The summed E-state index contributed by atoms with van der Waals surface area (Å²) in [6, 6.07) is 5.59. The number of hydrogen-bond acceptors (Lipinski definition) is 4. The summed E-state index contributed by atoms with van der Waals surface area (Å²) in [6.07, 6.45) is 0.482. The monoisotopic (exact) mass is 348 g/mol. The Hall–Kier alpha value is -0.590. The van der Waals surface area contributed by atoms with E-state index in [1.807, 2.05) is 25.1 Å². The van der Waals surface area contributed by atoms with Crippen LogP contribution in [0.5, 0.6) is 5.75 Å². The summed E-state index contributed by atoms with van der Waals surface area (Å²) < 4.78 is 29.3. The highest BCUT2D eigenvalue weighted by atomic mass is 79.9. The molecule has 0 atom stereocenters. The highest BCUT2D eigenvalue weighted by Crippen LogP contribution is 2.26. The third kappa shape index (κ3) is 3.94. The number of rotatable bonds is 3. The van der Waals surface area contributed by atoms with Gasteiger partial charge in [0.25, 0.3) is 0 Å². The molecule has 1 aromatic rings. The maximum atomic E-state index is 11.3. The van der Waals surface area contributed by atoms with Crippen LogP contribution in [0.25, 0.3) is 0 Å². The molecule has 6 heteroatoms. The first-order valence-electron chi connectivity index (χ1n) is 6.11. The molecule has 0 aliphatic carbocycles. The Morgan fingerprint density at radius 1 is 1.37 bits per heavy atom. The third-order valence-corrected chi connectivity index (χ3v) is 5.94. The molecule has 1 heterocycles. The minimum absolute atomic E-state index is 0.0340. The van der Waals surface area contributed by atoms with Gasteiger partial charge in [0, 0.05) is 4.47 Å². The number of aliphatic hydroxyl groups is 1. The molecule has 0 saturated carbocycles. The van der Waals surface area contributed by atoms with Gasteiger partial charge in [0.15, 0.2) is 9.84 Å². The average molecular weight is 349 g/mol. The van der Waals surface area contributed by atoms with Gasteiger partial charge in [0.1, 0.15) is 18.0 Å². The zero-order valence-corrected chi connectivity index (χ0v) is 13.1. The molecule has 1 aromatic carbocycles. The molecule has 2 rings (SSSR count). The summed E-state index contributed by atoms with van der Waals surface area (Å²) in [4.78, 5) is 0. The zero-order valence-electron chi connectivity index (χ0n) is 10.7. The Kier molecular flexibility index (Phi) is 4.23. The second-order valence-corrected chi connectivity index (χ2v) is 8.23. The van der Waals surface area contributed by atoms with Gasteiger partial charge in [-0.25, -0.2) is 8.42 Å². The van der Waals surface area contributed by atoms with Crippen LogP contribution in [0.1, 0.15) is 18.4 Å². The molecule has 1 saturated heterocycles. The van der Waals surface area contributed by atoms with Crippen LogP contribution in [0.4, 0.5) is 0 Å². The summed E-state index contributed by atoms with van der Waals surface area (Å²) in [5.41, 5.74) is 0.0162. The topological polar surface area (TPSA) is 63.6 Å². The normalized spacial score (nSPS) is 21.0. The number of ether oxygens (including phenoxy) is 1. The molecule has 0 unspecified atom stereocenters. The van der Waals surface area contributed by atoms with Crippen molar-refractivity contribution >= 4 is 25.8 Å². The van der Waals surface area contributed by atoms with E-state index in [0.29, 0.717) is 5.75 Å². The van der Waals surface area contributed by atoms with E-state index >= 15 is 0 Å². The number of sulfone groups is 1. The molecule has 0 aromatic heterocycles. The van der Waals surface area contributed by atoms with Gasteiger partial charge in [-0.3, -0.25) is 0 Å². The van der Waals surface area contributed by atoms with Crippen molar-refractivity contribution in [3.05, 3.63) is 28.2 Å². The highest BCUT2D eigenvalue weighted by Gasteiger charge is 2.36. The maximum absolute atomic E-state index is 11.3. The van der Waals surface area contributed by atoms with Gasteiger partial charge in [-0.2, -0.15) is 0 Å². The van der Waals surface area contributed by atoms with Gasteiger partial charge in [0.2, 0.25) is 0 Å². The first-order valence-corrected chi connectivity index (χ1v) is 8.73. The Morgan fingerprint density at radius 3 is 2.58 bits per heavy atom. The molecule has 1 fully saturated rings. The van der Waals surface area contributed by atoms with Crippen LogP contribution in [0.2, 0.25) is 0 Å². The fraction of sp³-hybridized carbons (Fsp3) is 0.538. The number of benzene rings is 1. The van der Waals surface area contributed by atoms with Crippen molar-refractivity contribution in [1.82, 2.24) is 0 Å². The zero-order chi connectivity index (χ0) is 14.1. The van der Waals surface area contributed by atoms with E-state index in [0.717, 1.165) is 10.0 Å². The predicted molar refractivity (Wildman–Crippen MR) is 77.2 cm³/mol. The summed E-state index contributed by atoms with van der Waals surface area (Å²) in [5.74, 6) is 0.751. The van der Waals surface area contributed by atoms with Crippen LogP contribution >= 0.6 is 15.9 Å². The van der Waals surface area contributed by atoms with Crippen molar-refractivity contribution in [3.8, 4) is 5.75 Å². The second-order valence-electron chi connectivity index (χ2n) is 5.08. The number of halogens is 1. The number of aryl methyl sites for hydroxylation is 1. The first-order chi connectivity index (χ1) is 8.80. The standard InChI is InChI=1S/C13H17BrO4S/c1-10-8-11(2-3-12(10)14)18-9-13(15)4-6-19(16,17)7-5-13/h2-3,8,15H,4-7,9H2,1H3. The molecule has 4 nitrogen and oxygen atoms in total. The van der Waals surface area contributed by atoms with Crippen molar-refractivity contribution in [3.63, 3.8) is 0 Å². The van der Waals surface area contributed by atoms with Crippen LogP contribution in [-0.4, -0.2) is 37.2 Å². The van der Waals surface area contributed by atoms with Crippen molar-refractivity contribution in [1.29, 1.82) is 0 Å². The molecule has 1 aliphatic heterocycles. The molecule has 1 aliphatic rings. The van der Waals surface area contributed by atoms with Gasteiger partial charge in [-0.15, -0.1) is 0 Å². The smallest absolute Gasteiger partial charge is 0.150 e. The lowest BCUT2D eigenvalue weighted by atomic mass is 9.98. The van der Waals surface area contributed by atoms with Crippen molar-refractivity contribution in [2.45, 2.75) is 25.4 Å². The Morgan fingerprint density at radius 2 is 2.00 bits per heavy atom. The summed E-state index contributed by atoms with van der Waals surface area (Å²) in [7, 11) is -2.97. The van der Waals surface area contributed by atoms with E-state index in [1.54, 1.807) is 0 Å². The molecule has 0 bridgehead atoms.